The average molecular weight is 209 g/mol. The highest BCUT2D eigenvalue weighted by Crippen LogP contribution is 2.23. The first-order valence-electron chi connectivity index (χ1n) is 5.33. The van der Waals surface area contributed by atoms with Crippen LogP contribution in [0.1, 0.15) is 31.9 Å². The molecule has 0 radical (unpaired) electrons. The minimum atomic E-state index is 0.0447. The number of nitrogens with one attached hydrogen (secondary N) is 1. The van der Waals surface area contributed by atoms with Gasteiger partial charge in [0.15, 0.2) is 0 Å². The van der Waals surface area contributed by atoms with E-state index in [9.17, 15) is 5.11 Å². The summed E-state index contributed by atoms with van der Waals surface area (Å²) in [6.45, 7) is 4.12. The predicted molar refractivity (Wildman–Crippen MR) is 60.8 cm³/mol. The Bertz CT molecular complexity index is 297. The lowest BCUT2D eigenvalue weighted by Gasteiger charge is -2.21. The Morgan fingerprint density at radius 3 is 2.53 bits per heavy atom. The van der Waals surface area contributed by atoms with Crippen LogP contribution in [0.15, 0.2) is 24.3 Å². The number of para-hydroxylation sites is 1. The van der Waals surface area contributed by atoms with Gasteiger partial charge in [-0.25, -0.2) is 0 Å². The van der Waals surface area contributed by atoms with Gasteiger partial charge in [-0.15, -0.1) is 0 Å². The molecule has 1 aromatic carbocycles. The summed E-state index contributed by atoms with van der Waals surface area (Å²) in [5.74, 6) is 0.297. The van der Waals surface area contributed by atoms with E-state index in [1.165, 1.54) is 0 Å². The van der Waals surface area contributed by atoms with E-state index in [1.807, 2.05) is 26.0 Å². The van der Waals surface area contributed by atoms with Crippen LogP contribution in [-0.4, -0.2) is 22.9 Å². The second-order valence-corrected chi connectivity index (χ2v) is 3.73. The third-order valence-electron chi connectivity index (χ3n) is 2.60. The van der Waals surface area contributed by atoms with E-state index in [2.05, 4.69) is 5.32 Å². The highest BCUT2D eigenvalue weighted by molar-refractivity contribution is 5.34. The Balaban J connectivity index is 2.68. The van der Waals surface area contributed by atoms with Crippen LogP contribution in [0, 0.1) is 0 Å². The van der Waals surface area contributed by atoms with Crippen LogP contribution in [0.2, 0.25) is 0 Å². The van der Waals surface area contributed by atoms with Gasteiger partial charge in [-0.1, -0.05) is 25.1 Å². The topological polar surface area (TPSA) is 52.5 Å². The number of hydrogen-bond donors (Lipinski definition) is 3. The molecule has 0 fully saturated rings. The highest BCUT2D eigenvalue weighted by atomic mass is 16.3. The number of benzene rings is 1. The summed E-state index contributed by atoms with van der Waals surface area (Å²) in [6, 6.07) is 7.38. The van der Waals surface area contributed by atoms with Gasteiger partial charge in [0.2, 0.25) is 0 Å². The lowest BCUT2D eigenvalue weighted by molar-refractivity contribution is 0.229. The van der Waals surface area contributed by atoms with E-state index < -0.39 is 0 Å². The van der Waals surface area contributed by atoms with Crippen molar-refractivity contribution in [3.8, 4) is 5.75 Å². The Morgan fingerprint density at radius 2 is 2.00 bits per heavy atom. The molecule has 0 spiro atoms. The SMILES string of the molecule is CC[C@@H](CO)NC(C)c1ccccc1O. The molecule has 0 aromatic heterocycles. The van der Waals surface area contributed by atoms with Gasteiger partial charge in [-0.3, -0.25) is 0 Å². The molecule has 0 amide bonds. The van der Waals surface area contributed by atoms with Gasteiger partial charge >= 0.3 is 0 Å². The van der Waals surface area contributed by atoms with Gasteiger partial charge in [-0.2, -0.15) is 0 Å². The third kappa shape index (κ3) is 3.22. The number of rotatable bonds is 5. The van der Waals surface area contributed by atoms with Crippen LogP contribution in [-0.2, 0) is 0 Å². The molecular weight excluding hydrogens is 190 g/mol. The molecular formula is C12H19NO2. The Hall–Kier alpha value is -1.06. The van der Waals surface area contributed by atoms with Crippen molar-refractivity contribution < 1.29 is 10.2 Å². The normalized spacial score (nSPS) is 14.9. The fourth-order valence-electron chi connectivity index (χ4n) is 1.60. The van der Waals surface area contributed by atoms with Crippen LogP contribution in [0.3, 0.4) is 0 Å². The van der Waals surface area contributed by atoms with Crippen molar-refractivity contribution in [2.75, 3.05) is 6.61 Å². The van der Waals surface area contributed by atoms with Crippen molar-refractivity contribution in [2.24, 2.45) is 0 Å². The molecule has 0 bridgehead atoms. The second kappa shape index (κ2) is 5.73. The van der Waals surface area contributed by atoms with E-state index in [0.29, 0.717) is 5.75 Å². The van der Waals surface area contributed by atoms with Crippen molar-refractivity contribution in [2.45, 2.75) is 32.4 Å². The van der Waals surface area contributed by atoms with Crippen LogP contribution in [0.5, 0.6) is 5.75 Å². The zero-order valence-corrected chi connectivity index (χ0v) is 9.27. The van der Waals surface area contributed by atoms with Gasteiger partial charge < -0.3 is 15.5 Å². The van der Waals surface area contributed by atoms with Gasteiger partial charge in [-0.05, 0) is 19.4 Å². The van der Waals surface area contributed by atoms with Crippen LogP contribution < -0.4 is 5.32 Å². The molecule has 3 heteroatoms. The van der Waals surface area contributed by atoms with Crippen molar-refractivity contribution in [3.05, 3.63) is 29.8 Å². The van der Waals surface area contributed by atoms with E-state index >= 15 is 0 Å². The minimum absolute atomic E-state index is 0.0447. The van der Waals surface area contributed by atoms with Crippen LogP contribution >= 0.6 is 0 Å². The van der Waals surface area contributed by atoms with Crippen LogP contribution in [0.4, 0.5) is 0 Å². The molecule has 2 atom stereocenters. The van der Waals surface area contributed by atoms with Crippen molar-refractivity contribution in [1.29, 1.82) is 0 Å². The molecule has 1 rings (SSSR count). The second-order valence-electron chi connectivity index (χ2n) is 3.73. The number of aromatic hydroxyl groups is 1. The number of aliphatic hydroxyl groups excluding tert-OH is 1. The van der Waals surface area contributed by atoms with Gasteiger partial charge in [0.25, 0.3) is 0 Å². The molecule has 0 saturated heterocycles. The maximum atomic E-state index is 9.64. The van der Waals surface area contributed by atoms with Gasteiger partial charge in [0.1, 0.15) is 5.75 Å². The zero-order chi connectivity index (χ0) is 11.3. The number of phenolic OH excluding ortho intramolecular Hbond substituents is 1. The van der Waals surface area contributed by atoms with E-state index in [-0.39, 0.29) is 18.7 Å². The number of hydrogen-bond acceptors (Lipinski definition) is 3. The summed E-state index contributed by atoms with van der Waals surface area (Å²) in [6.07, 6.45) is 0.869. The quantitative estimate of drug-likeness (QED) is 0.693. The first-order chi connectivity index (χ1) is 7.19. The molecule has 0 saturated carbocycles. The van der Waals surface area contributed by atoms with Crippen molar-refractivity contribution >= 4 is 0 Å². The molecule has 3 N–H and O–H groups in total. The van der Waals surface area contributed by atoms with Gasteiger partial charge in [0, 0.05) is 17.6 Å². The standard InChI is InChI=1S/C12H19NO2/c1-3-10(8-14)13-9(2)11-6-4-5-7-12(11)15/h4-7,9-10,13-15H,3,8H2,1-2H3/t9?,10-/m0/s1. The predicted octanol–water partition coefficient (Wildman–Crippen LogP) is 1.81. The average Bonchev–Trinajstić information content (AvgIpc) is 2.26. The summed E-state index contributed by atoms with van der Waals surface area (Å²) >= 11 is 0. The van der Waals surface area contributed by atoms with Crippen molar-refractivity contribution in [3.63, 3.8) is 0 Å². The fraction of sp³-hybridized carbons (Fsp3) is 0.500. The summed E-state index contributed by atoms with van der Waals surface area (Å²) in [4.78, 5) is 0. The lowest BCUT2D eigenvalue weighted by atomic mass is 10.1. The smallest absolute Gasteiger partial charge is 0.120 e. The Morgan fingerprint density at radius 1 is 1.33 bits per heavy atom. The maximum absolute atomic E-state index is 9.64. The molecule has 84 valence electrons. The molecule has 0 heterocycles. The monoisotopic (exact) mass is 209 g/mol. The molecule has 1 unspecified atom stereocenters. The Kier molecular flexibility index (Phi) is 4.59. The summed E-state index contributed by atoms with van der Waals surface area (Å²) in [5, 5.41) is 22.0. The van der Waals surface area contributed by atoms with Crippen LogP contribution in [0.25, 0.3) is 0 Å². The first kappa shape index (κ1) is 12.0. The molecule has 0 aliphatic heterocycles. The van der Waals surface area contributed by atoms with Crippen molar-refractivity contribution in [1.82, 2.24) is 5.32 Å². The molecule has 0 aliphatic carbocycles. The largest absolute Gasteiger partial charge is 0.508 e. The third-order valence-corrected chi connectivity index (χ3v) is 2.60. The van der Waals surface area contributed by atoms with Gasteiger partial charge in [0.05, 0.1) is 6.61 Å². The minimum Gasteiger partial charge on any atom is -0.508 e. The van der Waals surface area contributed by atoms with E-state index in [4.69, 9.17) is 5.11 Å². The number of aliphatic hydroxyl groups is 1. The molecule has 15 heavy (non-hydrogen) atoms. The highest BCUT2D eigenvalue weighted by Gasteiger charge is 2.13. The summed E-state index contributed by atoms with van der Waals surface area (Å²) < 4.78 is 0. The molecule has 3 nitrogen and oxygen atoms in total. The summed E-state index contributed by atoms with van der Waals surface area (Å²) in [5.41, 5.74) is 0.865. The lowest BCUT2D eigenvalue weighted by Crippen LogP contribution is -2.33. The summed E-state index contributed by atoms with van der Waals surface area (Å²) in [7, 11) is 0. The molecule has 1 aromatic rings. The Labute approximate surface area is 90.8 Å². The fourth-order valence-corrected chi connectivity index (χ4v) is 1.60. The zero-order valence-electron chi connectivity index (χ0n) is 9.27. The first-order valence-corrected chi connectivity index (χ1v) is 5.33. The number of phenols is 1. The van der Waals surface area contributed by atoms with E-state index in [0.717, 1.165) is 12.0 Å². The van der Waals surface area contributed by atoms with E-state index in [1.54, 1.807) is 12.1 Å². The maximum Gasteiger partial charge on any atom is 0.120 e. The molecule has 0 aliphatic rings.